The lowest BCUT2D eigenvalue weighted by atomic mass is 10.1. The minimum Gasteiger partial charge on any atom is -0.354 e. The number of anilines is 1. The Balaban J connectivity index is 1.64. The van der Waals surface area contributed by atoms with E-state index >= 15 is 0 Å². The van der Waals surface area contributed by atoms with Crippen molar-refractivity contribution in [3.8, 4) is 0 Å². The summed E-state index contributed by atoms with van der Waals surface area (Å²) < 4.78 is 0.840. The zero-order chi connectivity index (χ0) is 14.7. The van der Waals surface area contributed by atoms with E-state index in [1.807, 2.05) is 6.07 Å². The first kappa shape index (κ1) is 14.5. The predicted molar refractivity (Wildman–Crippen MR) is 88.3 cm³/mol. The van der Waals surface area contributed by atoms with Gasteiger partial charge in [0.25, 0.3) is 0 Å². The molecule has 0 aliphatic carbocycles. The highest BCUT2D eigenvalue weighted by Gasteiger charge is 2.24. The van der Waals surface area contributed by atoms with Crippen molar-refractivity contribution in [1.29, 1.82) is 0 Å². The summed E-state index contributed by atoms with van der Waals surface area (Å²) in [5.41, 5.74) is 1.38. The van der Waals surface area contributed by atoms with E-state index in [2.05, 4.69) is 73.0 Å². The number of piperazine rings is 1. The Labute approximate surface area is 133 Å². The maximum atomic E-state index is 4.37. The van der Waals surface area contributed by atoms with E-state index in [0.717, 1.165) is 36.6 Å². The molecule has 5 heteroatoms. The normalized spacial score (nSPS) is 19.7. The Kier molecular flexibility index (Phi) is 4.51. The van der Waals surface area contributed by atoms with E-state index in [1.54, 1.807) is 6.33 Å². The lowest BCUT2D eigenvalue weighted by molar-refractivity contribution is 0.180. The van der Waals surface area contributed by atoms with Crippen molar-refractivity contribution in [2.75, 3.05) is 24.5 Å². The molecule has 1 aromatic heterocycles. The molecule has 1 aliphatic heterocycles. The summed E-state index contributed by atoms with van der Waals surface area (Å²) in [7, 11) is 0. The molecule has 1 aliphatic rings. The van der Waals surface area contributed by atoms with Gasteiger partial charge in [0.05, 0.1) is 0 Å². The van der Waals surface area contributed by atoms with Crippen LogP contribution in [0, 0.1) is 0 Å². The molecular formula is C16H19BrN4. The summed E-state index contributed by atoms with van der Waals surface area (Å²) in [6.45, 7) is 6.35. The van der Waals surface area contributed by atoms with Gasteiger partial charge in [0.2, 0.25) is 0 Å². The maximum absolute atomic E-state index is 4.37. The molecule has 4 nitrogen and oxygen atoms in total. The summed E-state index contributed by atoms with van der Waals surface area (Å²) >= 11 is 3.41. The number of hydrogen-bond acceptors (Lipinski definition) is 4. The third-order valence-electron chi connectivity index (χ3n) is 3.94. The molecule has 0 spiro atoms. The molecule has 0 amide bonds. The largest absolute Gasteiger partial charge is 0.354 e. The minimum atomic E-state index is 0.507. The van der Waals surface area contributed by atoms with Crippen LogP contribution in [0.25, 0.3) is 0 Å². The second kappa shape index (κ2) is 6.54. The van der Waals surface area contributed by atoms with Crippen LogP contribution < -0.4 is 4.90 Å². The highest BCUT2D eigenvalue weighted by molar-refractivity contribution is 9.10. The third kappa shape index (κ3) is 3.60. The van der Waals surface area contributed by atoms with Crippen LogP contribution in [-0.2, 0) is 6.54 Å². The molecule has 1 atom stereocenters. The van der Waals surface area contributed by atoms with E-state index in [0.29, 0.717) is 6.04 Å². The van der Waals surface area contributed by atoms with Crippen molar-refractivity contribution < 1.29 is 0 Å². The van der Waals surface area contributed by atoms with Crippen LogP contribution in [0.3, 0.4) is 0 Å². The second-order valence-electron chi connectivity index (χ2n) is 5.45. The van der Waals surface area contributed by atoms with Crippen molar-refractivity contribution in [3.05, 3.63) is 52.9 Å². The highest BCUT2D eigenvalue weighted by Crippen LogP contribution is 2.20. The Morgan fingerprint density at radius 2 is 2.00 bits per heavy atom. The van der Waals surface area contributed by atoms with Gasteiger partial charge in [0, 0.05) is 38.3 Å². The van der Waals surface area contributed by atoms with Gasteiger partial charge in [-0.15, -0.1) is 0 Å². The number of nitrogens with zero attached hydrogens (tertiary/aromatic N) is 4. The lowest BCUT2D eigenvalue weighted by Crippen LogP contribution is -2.51. The Bertz CT molecular complexity index is 590. The average molecular weight is 347 g/mol. The first-order chi connectivity index (χ1) is 10.2. The summed E-state index contributed by atoms with van der Waals surface area (Å²) in [4.78, 5) is 13.3. The average Bonchev–Trinajstić information content (AvgIpc) is 2.50. The Morgan fingerprint density at radius 1 is 1.19 bits per heavy atom. The SMILES string of the molecule is CC1CN(c2cc(Br)ncn2)CCN1Cc1ccccc1. The van der Waals surface area contributed by atoms with Crippen molar-refractivity contribution >= 4 is 21.7 Å². The van der Waals surface area contributed by atoms with Gasteiger partial charge < -0.3 is 4.90 Å². The predicted octanol–water partition coefficient (Wildman–Crippen LogP) is 2.95. The van der Waals surface area contributed by atoms with Crippen molar-refractivity contribution in [3.63, 3.8) is 0 Å². The molecule has 0 bridgehead atoms. The van der Waals surface area contributed by atoms with Gasteiger partial charge in [0.1, 0.15) is 16.7 Å². The molecule has 1 aromatic carbocycles. The van der Waals surface area contributed by atoms with Gasteiger partial charge in [0.15, 0.2) is 0 Å². The summed E-state index contributed by atoms with van der Waals surface area (Å²) in [5.74, 6) is 1.00. The topological polar surface area (TPSA) is 32.3 Å². The van der Waals surface area contributed by atoms with E-state index in [1.165, 1.54) is 5.56 Å². The van der Waals surface area contributed by atoms with Gasteiger partial charge >= 0.3 is 0 Å². The Morgan fingerprint density at radius 3 is 2.71 bits per heavy atom. The van der Waals surface area contributed by atoms with Crippen LogP contribution in [0.15, 0.2) is 47.3 Å². The maximum Gasteiger partial charge on any atom is 0.133 e. The van der Waals surface area contributed by atoms with E-state index in [4.69, 9.17) is 0 Å². The van der Waals surface area contributed by atoms with Crippen molar-refractivity contribution in [1.82, 2.24) is 14.9 Å². The fraction of sp³-hybridized carbons (Fsp3) is 0.375. The third-order valence-corrected chi connectivity index (χ3v) is 4.37. The number of rotatable bonds is 3. The molecule has 110 valence electrons. The van der Waals surface area contributed by atoms with Crippen molar-refractivity contribution in [2.24, 2.45) is 0 Å². The number of aromatic nitrogens is 2. The molecule has 0 radical (unpaired) electrons. The molecule has 2 heterocycles. The molecule has 1 fully saturated rings. The molecule has 1 saturated heterocycles. The van der Waals surface area contributed by atoms with E-state index < -0.39 is 0 Å². The van der Waals surface area contributed by atoms with Crippen molar-refractivity contribution in [2.45, 2.75) is 19.5 Å². The number of hydrogen-bond donors (Lipinski definition) is 0. The van der Waals surface area contributed by atoms with E-state index in [9.17, 15) is 0 Å². The molecule has 21 heavy (non-hydrogen) atoms. The first-order valence-corrected chi connectivity index (χ1v) is 8.02. The zero-order valence-corrected chi connectivity index (χ0v) is 13.7. The van der Waals surface area contributed by atoms with Gasteiger partial charge in [-0.2, -0.15) is 0 Å². The monoisotopic (exact) mass is 346 g/mol. The molecule has 0 saturated carbocycles. The highest BCUT2D eigenvalue weighted by atomic mass is 79.9. The van der Waals surface area contributed by atoms with Crippen LogP contribution in [0.5, 0.6) is 0 Å². The summed E-state index contributed by atoms with van der Waals surface area (Å²) in [6, 6.07) is 13.2. The molecular weight excluding hydrogens is 328 g/mol. The second-order valence-corrected chi connectivity index (χ2v) is 6.26. The standard InChI is InChI=1S/C16H19BrN4/c1-13-10-21(16-9-15(17)18-12-19-16)8-7-20(13)11-14-5-3-2-4-6-14/h2-6,9,12-13H,7-8,10-11H2,1H3. The van der Waals surface area contributed by atoms with Gasteiger partial charge in [-0.25, -0.2) is 9.97 Å². The first-order valence-electron chi connectivity index (χ1n) is 7.23. The molecule has 3 rings (SSSR count). The van der Waals surface area contributed by atoms with Gasteiger partial charge in [-0.1, -0.05) is 30.3 Å². The van der Waals surface area contributed by atoms with Crippen LogP contribution in [0.4, 0.5) is 5.82 Å². The molecule has 1 unspecified atom stereocenters. The smallest absolute Gasteiger partial charge is 0.133 e. The van der Waals surface area contributed by atoms with Crippen LogP contribution in [-0.4, -0.2) is 40.5 Å². The minimum absolute atomic E-state index is 0.507. The zero-order valence-electron chi connectivity index (χ0n) is 12.1. The van der Waals surface area contributed by atoms with E-state index in [-0.39, 0.29) is 0 Å². The molecule has 2 aromatic rings. The molecule has 0 N–H and O–H groups in total. The number of halogens is 1. The number of benzene rings is 1. The van der Waals surface area contributed by atoms with Gasteiger partial charge in [-0.3, -0.25) is 4.90 Å². The summed E-state index contributed by atoms with van der Waals surface area (Å²) in [6.07, 6.45) is 1.61. The fourth-order valence-electron chi connectivity index (χ4n) is 2.75. The summed E-state index contributed by atoms with van der Waals surface area (Å²) in [5, 5.41) is 0. The van der Waals surface area contributed by atoms with Crippen LogP contribution >= 0.6 is 15.9 Å². The van der Waals surface area contributed by atoms with Crippen LogP contribution in [0.1, 0.15) is 12.5 Å². The quantitative estimate of drug-likeness (QED) is 0.800. The Hall–Kier alpha value is -1.46. The fourth-order valence-corrected chi connectivity index (χ4v) is 3.05. The van der Waals surface area contributed by atoms with Gasteiger partial charge in [-0.05, 0) is 28.4 Å². The van der Waals surface area contributed by atoms with Crippen LogP contribution in [0.2, 0.25) is 0 Å². The lowest BCUT2D eigenvalue weighted by Gasteiger charge is -2.40.